The van der Waals surface area contributed by atoms with Crippen molar-refractivity contribution < 1.29 is 9.47 Å². The minimum Gasteiger partial charge on any atom is -0.495 e. The molecule has 2 aromatic heterocycles. The van der Waals surface area contributed by atoms with Crippen LogP contribution in [0.25, 0.3) is 21.3 Å². The quantitative estimate of drug-likeness (QED) is 0.578. The molecular weight excluding hydrogens is 426 g/mol. The van der Waals surface area contributed by atoms with Crippen LogP contribution in [0.15, 0.2) is 22.2 Å². The van der Waals surface area contributed by atoms with Crippen LogP contribution in [0.3, 0.4) is 0 Å². The van der Waals surface area contributed by atoms with Gasteiger partial charge in [-0.3, -0.25) is 0 Å². The molecule has 4 rings (SSSR count). The molecule has 1 aromatic carbocycles. The first-order chi connectivity index (χ1) is 12.1. The molecule has 3 aromatic rings. The Bertz CT molecular complexity index is 959. The normalized spacial score (nSPS) is 13.9. The highest BCUT2D eigenvalue weighted by Crippen LogP contribution is 2.48. The lowest BCUT2D eigenvalue weighted by Crippen LogP contribution is -2.03. The highest BCUT2D eigenvalue weighted by molar-refractivity contribution is 9.10. The number of ether oxygens (including phenoxy) is 2. The van der Waals surface area contributed by atoms with Crippen molar-refractivity contribution in [2.24, 2.45) is 0 Å². The lowest BCUT2D eigenvalue weighted by molar-refractivity contribution is 0.390. The summed E-state index contributed by atoms with van der Waals surface area (Å²) in [6, 6.07) is 2.42. The second kappa shape index (κ2) is 6.63. The summed E-state index contributed by atoms with van der Waals surface area (Å²) in [6.07, 6.45) is 3.97. The summed E-state index contributed by atoms with van der Waals surface area (Å²) >= 11 is 11.7. The maximum absolute atomic E-state index is 6.60. The maximum Gasteiger partial charge on any atom is 0.156 e. The molecule has 1 fully saturated rings. The molecule has 0 saturated heterocycles. The summed E-state index contributed by atoms with van der Waals surface area (Å²) in [5.41, 5.74) is 2.63. The van der Waals surface area contributed by atoms with Gasteiger partial charge in [0.15, 0.2) is 5.75 Å². The van der Waals surface area contributed by atoms with E-state index in [-0.39, 0.29) is 0 Å². The second-order valence-electron chi connectivity index (χ2n) is 5.76. The summed E-state index contributed by atoms with van der Waals surface area (Å²) in [5.74, 6) is 2.08. The van der Waals surface area contributed by atoms with E-state index in [1.165, 1.54) is 12.8 Å². The summed E-state index contributed by atoms with van der Waals surface area (Å²) in [5, 5.41) is 6.03. The minimum atomic E-state index is 0.519. The maximum atomic E-state index is 6.60. The Labute approximate surface area is 162 Å². The van der Waals surface area contributed by atoms with Gasteiger partial charge in [0.1, 0.15) is 22.4 Å². The molecule has 0 spiro atoms. The van der Waals surface area contributed by atoms with E-state index >= 15 is 0 Å². The zero-order chi connectivity index (χ0) is 17.6. The molecule has 0 aliphatic heterocycles. The van der Waals surface area contributed by atoms with Crippen molar-refractivity contribution in [1.29, 1.82) is 0 Å². The van der Waals surface area contributed by atoms with Crippen LogP contribution < -0.4 is 14.8 Å². The van der Waals surface area contributed by atoms with Crippen molar-refractivity contribution in [3.63, 3.8) is 0 Å². The van der Waals surface area contributed by atoms with Gasteiger partial charge in [0, 0.05) is 22.5 Å². The van der Waals surface area contributed by atoms with Crippen LogP contribution in [0.2, 0.25) is 5.02 Å². The van der Waals surface area contributed by atoms with Crippen molar-refractivity contribution in [3.05, 3.63) is 27.3 Å². The van der Waals surface area contributed by atoms with Crippen LogP contribution in [-0.4, -0.2) is 30.2 Å². The third kappa shape index (κ3) is 2.94. The fourth-order valence-corrected chi connectivity index (χ4v) is 4.73. The Balaban J connectivity index is 1.90. The highest BCUT2D eigenvalue weighted by atomic mass is 79.9. The van der Waals surface area contributed by atoms with Gasteiger partial charge in [0.05, 0.1) is 29.5 Å². The zero-order valence-corrected chi connectivity index (χ0v) is 16.8. The van der Waals surface area contributed by atoms with Gasteiger partial charge in [-0.1, -0.05) is 11.6 Å². The predicted octanol–water partition coefficient (Wildman–Crippen LogP) is 5.37. The number of thiophene rings is 1. The van der Waals surface area contributed by atoms with Crippen LogP contribution in [0.1, 0.15) is 12.8 Å². The van der Waals surface area contributed by atoms with Gasteiger partial charge < -0.3 is 14.8 Å². The smallest absolute Gasteiger partial charge is 0.156 e. The SMILES string of the molecule is COc1cc(-c2csc3c(NC4CC4)ncnc23)c(Cl)c(OC)c1Br. The Hall–Kier alpha value is -1.57. The highest BCUT2D eigenvalue weighted by Gasteiger charge is 2.24. The van der Waals surface area contributed by atoms with E-state index in [1.54, 1.807) is 31.9 Å². The van der Waals surface area contributed by atoms with E-state index in [2.05, 4.69) is 31.2 Å². The van der Waals surface area contributed by atoms with Gasteiger partial charge >= 0.3 is 0 Å². The topological polar surface area (TPSA) is 56.3 Å². The number of aromatic nitrogens is 2. The molecular formula is C17H15BrClN3O2S. The Kier molecular flexibility index (Phi) is 4.47. The van der Waals surface area contributed by atoms with Gasteiger partial charge in [-0.05, 0) is 34.8 Å². The second-order valence-corrected chi connectivity index (χ2v) is 7.81. The molecule has 0 amide bonds. The van der Waals surface area contributed by atoms with Crippen LogP contribution in [0.5, 0.6) is 11.5 Å². The number of nitrogens with one attached hydrogen (secondary N) is 1. The largest absolute Gasteiger partial charge is 0.495 e. The Morgan fingerprint density at radius 2 is 2.04 bits per heavy atom. The Morgan fingerprint density at radius 3 is 2.72 bits per heavy atom. The molecule has 0 atom stereocenters. The first-order valence-electron chi connectivity index (χ1n) is 7.73. The van der Waals surface area contributed by atoms with E-state index in [1.807, 2.05) is 11.4 Å². The van der Waals surface area contributed by atoms with Crippen molar-refractivity contribution in [2.75, 3.05) is 19.5 Å². The predicted molar refractivity (Wildman–Crippen MR) is 105 cm³/mol. The minimum absolute atomic E-state index is 0.519. The molecule has 130 valence electrons. The monoisotopic (exact) mass is 439 g/mol. The van der Waals surface area contributed by atoms with Crippen molar-refractivity contribution >= 4 is 54.9 Å². The standard InChI is InChI=1S/C17H15BrClN3O2S/c1-23-11-5-9(13(19)15(24-2)12(11)18)10-6-25-16-14(10)20-7-21-17(16)22-8-3-4-8/h5-8H,3-4H2,1-2H3,(H,20,21,22). The van der Waals surface area contributed by atoms with Crippen molar-refractivity contribution in [2.45, 2.75) is 18.9 Å². The number of benzene rings is 1. The van der Waals surface area contributed by atoms with Crippen LogP contribution in [0.4, 0.5) is 5.82 Å². The van der Waals surface area contributed by atoms with Crippen molar-refractivity contribution in [3.8, 4) is 22.6 Å². The molecule has 1 aliphatic rings. The Morgan fingerprint density at radius 1 is 1.24 bits per heavy atom. The lowest BCUT2D eigenvalue weighted by Gasteiger charge is -2.14. The summed E-state index contributed by atoms with van der Waals surface area (Å²) in [6.45, 7) is 0. The lowest BCUT2D eigenvalue weighted by atomic mass is 10.1. The fraction of sp³-hybridized carbons (Fsp3) is 0.294. The number of halogens is 2. The number of fused-ring (bicyclic) bond motifs is 1. The average molecular weight is 441 g/mol. The number of hydrogen-bond acceptors (Lipinski definition) is 6. The average Bonchev–Trinajstić information content (AvgIpc) is 3.32. The molecule has 1 N–H and O–H groups in total. The van der Waals surface area contributed by atoms with Gasteiger partial charge in [-0.15, -0.1) is 11.3 Å². The summed E-state index contributed by atoms with van der Waals surface area (Å²) < 4.78 is 12.6. The first-order valence-corrected chi connectivity index (χ1v) is 9.78. The van der Waals surface area contributed by atoms with Crippen LogP contribution in [-0.2, 0) is 0 Å². The third-order valence-corrected chi connectivity index (χ3v) is 6.22. The van der Waals surface area contributed by atoms with E-state index < -0.39 is 0 Å². The molecule has 8 heteroatoms. The van der Waals surface area contributed by atoms with Gasteiger partial charge in [0.25, 0.3) is 0 Å². The molecule has 0 bridgehead atoms. The molecule has 0 unspecified atom stereocenters. The summed E-state index contributed by atoms with van der Waals surface area (Å²) in [4.78, 5) is 8.88. The van der Waals surface area contributed by atoms with Crippen molar-refractivity contribution in [1.82, 2.24) is 9.97 Å². The number of rotatable bonds is 5. The molecule has 5 nitrogen and oxygen atoms in total. The van der Waals surface area contributed by atoms with E-state index in [0.717, 1.165) is 27.2 Å². The van der Waals surface area contributed by atoms with Crippen LogP contribution in [0, 0.1) is 0 Å². The van der Waals surface area contributed by atoms with Gasteiger partial charge in [-0.25, -0.2) is 9.97 Å². The fourth-order valence-electron chi connectivity index (χ4n) is 2.68. The van der Waals surface area contributed by atoms with E-state index in [9.17, 15) is 0 Å². The van der Waals surface area contributed by atoms with Gasteiger partial charge in [-0.2, -0.15) is 0 Å². The van der Waals surface area contributed by atoms with Crippen LogP contribution >= 0.6 is 38.9 Å². The molecule has 0 radical (unpaired) electrons. The number of nitrogens with zero attached hydrogens (tertiary/aromatic N) is 2. The number of hydrogen-bond donors (Lipinski definition) is 1. The number of anilines is 1. The zero-order valence-electron chi connectivity index (χ0n) is 13.6. The third-order valence-electron chi connectivity index (χ3n) is 4.11. The molecule has 1 aliphatic carbocycles. The number of methoxy groups -OCH3 is 2. The summed E-state index contributed by atoms with van der Waals surface area (Å²) in [7, 11) is 3.20. The van der Waals surface area contributed by atoms with Gasteiger partial charge in [0.2, 0.25) is 0 Å². The molecule has 1 saturated carbocycles. The first kappa shape index (κ1) is 16.9. The van der Waals surface area contributed by atoms with E-state index in [4.69, 9.17) is 21.1 Å². The molecule has 25 heavy (non-hydrogen) atoms. The molecule has 2 heterocycles. The van der Waals surface area contributed by atoms with E-state index in [0.29, 0.717) is 27.0 Å².